The third-order valence-electron chi connectivity index (χ3n) is 4.07. The van der Waals surface area contributed by atoms with Crippen LogP contribution in [0.2, 0.25) is 0 Å². The third-order valence-corrected chi connectivity index (χ3v) is 4.07. The maximum Gasteiger partial charge on any atom is 0.0707 e. The first-order valence-electron chi connectivity index (χ1n) is 5.98. The fourth-order valence-electron chi connectivity index (χ4n) is 3.34. The molecule has 2 aliphatic heterocycles. The van der Waals surface area contributed by atoms with Gasteiger partial charge in [-0.05, 0) is 25.7 Å². The topological polar surface area (TPSA) is 38.5 Å². The van der Waals surface area contributed by atoms with E-state index in [-0.39, 0.29) is 0 Å². The van der Waals surface area contributed by atoms with Crippen LogP contribution in [0.4, 0.5) is 0 Å². The lowest BCUT2D eigenvalue weighted by Crippen LogP contribution is -2.52. The Morgan fingerprint density at radius 2 is 1.71 bits per heavy atom. The highest BCUT2D eigenvalue weighted by Crippen LogP contribution is 2.31. The van der Waals surface area contributed by atoms with Gasteiger partial charge in [0.05, 0.1) is 12.2 Å². The number of hydrogen-bond acceptors (Lipinski definition) is 3. The van der Waals surface area contributed by atoms with Crippen molar-refractivity contribution in [1.29, 1.82) is 0 Å². The Kier molecular flexibility index (Phi) is 2.26. The Morgan fingerprint density at radius 1 is 1.00 bits per heavy atom. The Balaban J connectivity index is 1.67. The van der Waals surface area contributed by atoms with Crippen LogP contribution in [0.25, 0.3) is 0 Å². The summed E-state index contributed by atoms with van der Waals surface area (Å²) in [6, 6.07) is 1.08. The molecule has 0 aromatic carbocycles. The van der Waals surface area contributed by atoms with Crippen LogP contribution in [-0.4, -0.2) is 42.3 Å². The summed E-state index contributed by atoms with van der Waals surface area (Å²) in [5.41, 5.74) is 6.14. The van der Waals surface area contributed by atoms with Crippen molar-refractivity contribution in [3.8, 4) is 0 Å². The normalized spacial score (nSPS) is 48.6. The van der Waals surface area contributed by atoms with Crippen molar-refractivity contribution in [2.75, 3.05) is 13.1 Å². The minimum Gasteiger partial charge on any atom is -0.372 e. The number of nitrogens with zero attached hydrogens (tertiary/aromatic N) is 1. The summed E-state index contributed by atoms with van der Waals surface area (Å²) in [5, 5.41) is 0. The lowest BCUT2D eigenvalue weighted by Gasteiger charge is -2.38. The lowest BCUT2D eigenvalue weighted by atomic mass is 10.1. The summed E-state index contributed by atoms with van der Waals surface area (Å²) in [6.45, 7) is 2.27. The highest BCUT2D eigenvalue weighted by molar-refractivity contribution is 4.94. The third kappa shape index (κ3) is 1.47. The Bertz CT molecular complexity index is 209. The Morgan fingerprint density at radius 3 is 2.29 bits per heavy atom. The molecule has 0 aromatic heterocycles. The smallest absolute Gasteiger partial charge is 0.0707 e. The van der Waals surface area contributed by atoms with Crippen molar-refractivity contribution in [2.24, 2.45) is 5.73 Å². The molecule has 0 radical (unpaired) electrons. The van der Waals surface area contributed by atoms with Crippen molar-refractivity contribution in [2.45, 2.75) is 56.4 Å². The van der Waals surface area contributed by atoms with Crippen molar-refractivity contribution < 1.29 is 4.74 Å². The molecule has 1 aliphatic carbocycles. The molecule has 2 bridgehead atoms. The molecule has 0 amide bonds. The maximum absolute atomic E-state index is 6.14. The lowest BCUT2D eigenvalue weighted by molar-refractivity contribution is -0.0535. The monoisotopic (exact) mass is 196 g/mol. The second-order valence-electron chi connectivity index (χ2n) is 5.07. The van der Waals surface area contributed by atoms with Crippen LogP contribution >= 0.6 is 0 Å². The second kappa shape index (κ2) is 3.47. The molecule has 2 N–H and O–H groups in total. The molecule has 3 rings (SSSR count). The van der Waals surface area contributed by atoms with Gasteiger partial charge in [-0.15, -0.1) is 0 Å². The first-order chi connectivity index (χ1) is 6.83. The molecule has 4 atom stereocenters. The van der Waals surface area contributed by atoms with E-state index in [1.807, 2.05) is 0 Å². The van der Waals surface area contributed by atoms with E-state index in [9.17, 15) is 0 Å². The average Bonchev–Trinajstić information content (AvgIpc) is 2.73. The van der Waals surface area contributed by atoms with Gasteiger partial charge in [0.25, 0.3) is 0 Å². The van der Waals surface area contributed by atoms with E-state index in [1.165, 1.54) is 32.1 Å². The van der Waals surface area contributed by atoms with E-state index in [2.05, 4.69) is 4.90 Å². The summed E-state index contributed by atoms with van der Waals surface area (Å²) in [6.07, 6.45) is 7.41. The van der Waals surface area contributed by atoms with Crippen LogP contribution in [0.1, 0.15) is 32.1 Å². The van der Waals surface area contributed by atoms with Crippen LogP contribution in [0, 0.1) is 0 Å². The highest BCUT2D eigenvalue weighted by atomic mass is 16.5. The highest BCUT2D eigenvalue weighted by Gasteiger charge is 2.39. The van der Waals surface area contributed by atoms with Gasteiger partial charge >= 0.3 is 0 Å². The number of nitrogens with two attached hydrogens (primary N) is 1. The van der Waals surface area contributed by atoms with Gasteiger partial charge < -0.3 is 10.5 Å². The molecular weight excluding hydrogens is 176 g/mol. The first-order valence-corrected chi connectivity index (χ1v) is 5.98. The van der Waals surface area contributed by atoms with Gasteiger partial charge in [0.1, 0.15) is 0 Å². The molecule has 3 nitrogen and oxygen atoms in total. The van der Waals surface area contributed by atoms with Gasteiger partial charge in [0.15, 0.2) is 0 Å². The SMILES string of the molecule is NC1CCCC1N1CC2CCC(C1)O2. The first kappa shape index (κ1) is 9.13. The van der Waals surface area contributed by atoms with Crippen LogP contribution in [-0.2, 0) is 4.74 Å². The molecule has 2 saturated heterocycles. The van der Waals surface area contributed by atoms with Gasteiger partial charge in [-0.1, -0.05) is 6.42 Å². The summed E-state index contributed by atoms with van der Waals surface area (Å²) < 4.78 is 5.84. The van der Waals surface area contributed by atoms with Crippen molar-refractivity contribution in [3.05, 3.63) is 0 Å². The number of rotatable bonds is 1. The fourth-order valence-corrected chi connectivity index (χ4v) is 3.34. The fraction of sp³-hybridized carbons (Fsp3) is 1.00. The largest absolute Gasteiger partial charge is 0.372 e. The summed E-state index contributed by atoms with van der Waals surface area (Å²) in [7, 11) is 0. The van der Waals surface area contributed by atoms with E-state index in [0.717, 1.165) is 13.1 Å². The molecule has 2 heterocycles. The van der Waals surface area contributed by atoms with Gasteiger partial charge in [0.2, 0.25) is 0 Å². The number of ether oxygens (including phenoxy) is 1. The quantitative estimate of drug-likeness (QED) is 0.672. The van der Waals surface area contributed by atoms with Gasteiger partial charge in [-0.3, -0.25) is 4.90 Å². The van der Waals surface area contributed by atoms with Gasteiger partial charge in [0, 0.05) is 25.2 Å². The second-order valence-corrected chi connectivity index (χ2v) is 5.07. The maximum atomic E-state index is 6.14. The standard InChI is InChI=1S/C11H20N2O/c12-10-2-1-3-11(10)13-6-8-4-5-9(7-13)14-8/h8-11H,1-7,12H2. The molecule has 1 saturated carbocycles. The van der Waals surface area contributed by atoms with E-state index >= 15 is 0 Å². The minimum atomic E-state index is 0.424. The average molecular weight is 196 g/mol. The molecule has 14 heavy (non-hydrogen) atoms. The molecule has 80 valence electrons. The number of likely N-dealkylation sites (tertiary alicyclic amines) is 1. The van der Waals surface area contributed by atoms with Crippen LogP contribution in [0.5, 0.6) is 0 Å². The molecule has 3 aliphatic rings. The molecule has 0 spiro atoms. The molecule has 3 fully saturated rings. The minimum absolute atomic E-state index is 0.424. The predicted molar refractivity (Wildman–Crippen MR) is 55.1 cm³/mol. The molecular formula is C11H20N2O. The van der Waals surface area contributed by atoms with Gasteiger partial charge in [-0.2, -0.15) is 0 Å². The van der Waals surface area contributed by atoms with Crippen molar-refractivity contribution in [3.63, 3.8) is 0 Å². The summed E-state index contributed by atoms with van der Waals surface area (Å²) in [5.74, 6) is 0. The molecule has 3 heteroatoms. The van der Waals surface area contributed by atoms with Crippen LogP contribution < -0.4 is 5.73 Å². The van der Waals surface area contributed by atoms with E-state index in [1.54, 1.807) is 0 Å². The zero-order valence-corrected chi connectivity index (χ0v) is 8.69. The van der Waals surface area contributed by atoms with Crippen LogP contribution in [0.15, 0.2) is 0 Å². The number of morpholine rings is 1. The van der Waals surface area contributed by atoms with E-state index in [4.69, 9.17) is 10.5 Å². The summed E-state index contributed by atoms with van der Waals surface area (Å²) in [4.78, 5) is 2.60. The number of hydrogen-bond donors (Lipinski definition) is 1. The Labute approximate surface area is 85.6 Å². The van der Waals surface area contributed by atoms with Crippen molar-refractivity contribution >= 4 is 0 Å². The Hall–Kier alpha value is -0.120. The molecule has 0 aromatic rings. The van der Waals surface area contributed by atoms with Crippen molar-refractivity contribution in [1.82, 2.24) is 4.90 Å². The van der Waals surface area contributed by atoms with Gasteiger partial charge in [-0.25, -0.2) is 0 Å². The number of fused-ring (bicyclic) bond motifs is 2. The van der Waals surface area contributed by atoms with E-state index in [0.29, 0.717) is 24.3 Å². The van der Waals surface area contributed by atoms with Crippen LogP contribution in [0.3, 0.4) is 0 Å². The molecule has 4 unspecified atom stereocenters. The predicted octanol–water partition coefficient (Wildman–Crippen LogP) is 0.729. The zero-order valence-electron chi connectivity index (χ0n) is 8.69. The zero-order chi connectivity index (χ0) is 9.54. The summed E-state index contributed by atoms with van der Waals surface area (Å²) >= 11 is 0. The van der Waals surface area contributed by atoms with E-state index < -0.39 is 0 Å².